The van der Waals surface area contributed by atoms with Crippen molar-refractivity contribution in [2.45, 2.75) is 18.2 Å². The molecule has 0 spiro atoms. The molecule has 0 saturated carbocycles. The van der Waals surface area contributed by atoms with Gasteiger partial charge in [0.2, 0.25) is 0 Å². The van der Waals surface area contributed by atoms with Crippen LogP contribution in [0.3, 0.4) is 0 Å². The number of nitrogens with one attached hydrogen (secondary N) is 1. The number of hydrogen-bond acceptors (Lipinski definition) is 6. The van der Waals surface area contributed by atoms with Crippen molar-refractivity contribution in [1.29, 1.82) is 0 Å². The van der Waals surface area contributed by atoms with Gasteiger partial charge in [-0.05, 0) is 19.1 Å². The summed E-state index contributed by atoms with van der Waals surface area (Å²) in [5.74, 6) is -1.81. The predicted octanol–water partition coefficient (Wildman–Crippen LogP) is 3.27. The largest absolute Gasteiger partial charge is 0.455 e. The Balaban J connectivity index is 1.55. The van der Waals surface area contributed by atoms with Crippen LogP contribution in [0.5, 0.6) is 0 Å². The number of carbonyl (C=O) groups is 2. The Bertz CT molecular complexity index is 1180. The fourth-order valence-electron chi connectivity index (χ4n) is 2.94. The highest BCUT2D eigenvalue weighted by atomic mass is 32.2. The summed E-state index contributed by atoms with van der Waals surface area (Å²) < 4.78 is 29.6. The second-order valence-corrected chi connectivity index (χ2v) is 9.38. The van der Waals surface area contributed by atoms with E-state index in [1.165, 1.54) is 12.1 Å². The maximum Gasteiger partial charge on any atom is 0.307 e. The van der Waals surface area contributed by atoms with Crippen molar-refractivity contribution in [3.8, 4) is 0 Å². The van der Waals surface area contributed by atoms with Gasteiger partial charge in [0.1, 0.15) is 0 Å². The maximum atomic E-state index is 12.3. The van der Waals surface area contributed by atoms with Crippen molar-refractivity contribution in [3.05, 3.63) is 102 Å². The van der Waals surface area contributed by atoms with Gasteiger partial charge in [-0.2, -0.15) is 5.10 Å². The summed E-state index contributed by atoms with van der Waals surface area (Å²) in [6.45, 7) is 1.29. The standard InChI is InChI=1S/C25H24N2O5S/c1-19-12-14-22(15-13-19)33(30,31)17-16-24(29)32-18-23(28)26-27-25(20-8-4-2-5-9-20)21-10-6-3-7-11-21/h2-15H,16-18H2,1H3,(H,26,28). The number of ether oxygens (including phenoxy) is 1. The van der Waals surface area contributed by atoms with E-state index in [0.717, 1.165) is 16.7 Å². The molecule has 0 aromatic heterocycles. The zero-order chi connectivity index (χ0) is 23.7. The minimum absolute atomic E-state index is 0.141. The van der Waals surface area contributed by atoms with Crippen LogP contribution in [0.4, 0.5) is 0 Å². The molecule has 0 aliphatic carbocycles. The Morgan fingerprint density at radius 1 is 0.848 bits per heavy atom. The van der Waals surface area contributed by atoms with E-state index >= 15 is 0 Å². The van der Waals surface area contributed by atoms with Crippen molar-refractivity contribution >= 4 is 27.4 Å². The third kappa shape index (κ3) is 7.11. The van der Waals surface area contributed by atoms with Gasteiger partial charge in [-0.15, -0.1) is 0 Å². The first-order valence-corrected chi connectivity index (χ1v) is 11.9. The van der Waals surface area contributed by atoms with Gasteiger partial charge in [0, 0.05) is 11.1 Å². The number of sulfone groups is 1. The Morgan fingerprint density at radius 2 is 1.39 bits per heavy atom. The van der Waals surface area contributed by atoms with Gasteiger partial charge >= 0.3 is 5.97 Å². The third-order valence-corrected chi connectivity index (χ3v) is 6.44. The molecule has 0 aliphatic rings. The van der Waals surface area contributed by atoms with E-state index < -0.39 is 34.1 Å². The monoisotopic (exact) mass is 464 g/mol. The molecule has 7 nitrogen and oxygen atoms in total. The fraction of sp³-hybridized carbons (Fsp3) is 0.160. The van der Waals surface area contributed by atoms with Crippen LogP contribution >= 0.6 is 0 Å². The molecular weight excluding hydrogens is 440 g/mol. The number of benzene rings is 3. The zero-order valence-electron chi connectivity index (χ0n) is 18.1. The molecule has 0 fully saturated rings. The number of hydrogen-bond donors (Lipinski definition) is 1. The van der Waals surface area contributed by atoms with Crippen molar-refractivity contribution in [2.24, 2.45) is 5.10 Å². The molecule has 8 heteroatoms. The third-order valence-electron chi connectivity index (χ3n) is 4.71. The number of rotatable bonds is 9. The maximum absolute atomic E-state index is 12.3. The highest BCUT2D eigenvalue weighted by molar-refractivity contribution is 7.91. The van der Waals surface area contributed by atoms with Crippen LogP contribution in [-0.2, 0) is 24.2 Å². The molecule has 3 rings (SSSR count). The second kappa shape index (κ2) is 11.2. The van der Waals surface area contributed by atoms with E-state index in [4.69, 9.17) is 4.74 Å². The fourth-order valence-corrected chi connectivity index (χ4v) is 4.16. The molecule has 33 heavy (non-hydrogen) atoms. The molecule has 0 aliphatic heterocycles. The van der Waals surface area contributed by atoms with Crippen LogP contribution in [0.25, 0.3) is 0 Å². The van der Waals surface area contributed by atoms with Crippen LogP contribution in [0, 0.1) is 6.92 Å². The lowest BCUT2D eigenvalue weighted by Gasteiger charge is -2.08. The summed E-state index contributed by atoms with van der Waals surface area (Å²) >= 11 is 0. The topological polar surface area (TPSA) is 102 Å². The number of esters is 1. The van der Waals surface area contributed by atoms with Gasteiger partial charge in [-0.3, -0.25) is 9.59 Å². The van der Waals surface area contributed by atoms with Crippen LogP contribution in [0.15, 0.2) is 94.9 Å². The molecule has 1 N–H and O–H groups in total. The number of hydrazone groups is 1. The first-order valence-electron chi connectivity index (χ1n) is 10.3. The summed E-state index contributed by atoms with van der Waals surface area (Å²) in [4.78, 5) is 24.3. The Labute approximate surface area is 193 Å². The van der Waals surface area contributed by atoms with E-state index in [1.807, 2.05) is 67.6 Å². The summed E-state index contributed by atoms with van der Waals surface area (Å²) in [5, 5.41) is 4.20. The lowest BCUT2D eigenvalue weighted by atomic mass is 10.0. The molecule has 0 bridgehead atoms. The molecule has 3 aromatic carbocycles. The van der Waals surface area contributed by atoms with E-state index in [2.05, 4.69) is 10.5 Å². The Hall–Kier alpha value is -3.78. The van der Waals surface area contributed by atoms with Crippen LogP contribution in [0.1, 0.15) is 23.1 Å². The van der Waals surface area contributed by atoms with Crippen molar-refractivity contribution in [1.82, 2.24) is 5.43 Å². The Morgan fingerprint density at radius 3 is 1.94 bits per heavy atom. The number of carbonyl (C=O) groups excluding carboxylic acids is 2. The van der Waals surface area contributed by atoms with Gasteiger partial charge in [0.25, 0.3) is 5.91 Å². The predicted molar refractivity (Wildman–Crippen MR) is 125 cm³/mol. The number of amides is 1. The minimum Gasteiger partial charge on any atom is -0.455 e. The smallest absolute Gasteiger partial charge is 0.307 e. The summed E-state index contributed by atoms with van der Waals surface area (Å²) in [5.41, 5.74) is 5.50. The quantitative estimate of drug-likeness (QED) is 0.298. The Kier molecular flexibility index (Phi) is 8.10. The first kappa shape index (κ1) is 23.9. The molecular formula is C25H24N2O5S. The average Bonchev–Trinajstić information content (AvgIpc) is 2.83. The van der Waals surface area contributed by atoms with E-state index in [-0.39, 0.29) is 11.3 Å². The van der Waals surface area contributed by atoms with Crippen LogP contribution < -0.4 is 5.43 Å². The van der Waals surface area contributed by atoms with Gasteiger partial charge in [-0.1, -0.05) is 78.4 Å². The summed E-state index contributed by atoms with van der Waals surface area (Å²) in [6, 6.07) is 25.1. The molecule has 0 heterocycles. The number of nitrogens with zero attached hydrogens (tertiary/aromatic N) is 1. The molecule has 1 amide bonds. The minimum atomic E-state index is -3.62. The van der Waals surface area contributed by atoms with E-state index in [9.17, 15) is 18.0 Å². The summed E-state index contributed by atoms with van der Waals surface area (Å²) in [7, 11) is -3.62. The van der Waals surface area contributed by atoms with Gasteiger partial charge in [0.15, 0.2) is 16.4 Å². The van der Waals surface area contributed by atoms with Crippen molar-refractivity contribution in [2.75, 3.05) is 12.4 Å². The lowest BCUT2D eigenvalue weighted by Crippen LogP contribution is -2.27. The lowest BCUT2D eigenvalue weighted by molar-refractivity contribution is -0.148. The van der Waals surface area contributed by atoms with Gasteiger partial charge in [-0.25, -0.2) is 13.8 Å². The highest BCUT2D eigenvalue weighted by Crippen LogP contribution is 2.13. The highest BCUT2D eigenvalue weighted by Gasteiger charge is 2.17. The number of aryl methyl sites for hydroxylation is 1. The van der Waals surface area contributed by atoms with Crippen LogP contribution in [-0.4, -0.2) is 38.4 Å². The second-order valence-electron chi connectivity index (χ2n) is 7.27. The molecule has 0 unspecified atom stereocenters. The van der Waals surface area contributed by atoms with Gasteiger partial charge in [0.05, 0.1) is 22.8 Å². The molecule has 0 atom stereocenters. The molecule has 170 valence electrons. The van der Waals surface area contributed by atoms with Crippen molar-refractivity contribution < 1.29 is 22.7 Å². The molecule has 0 saturated heterocycles. The average molecular weight is 465 g/mol. The normalized spacial score (nSPS) is 10.8. The first-order chi connectivity index (χ1) is 15.8. The molecule has 3 aromatic rings. The van der Waals surface area contributed by atoms with Crippen molar-refractivity contribution in [3.63, 3.8) is 0 Å². The van der Waals surface area contributed by atoms with E-state index in [0.29, 0.717) is 5.71 Å². The SMILES string of the molecule is Cc1ccc(S(=O)(=O)CCC(=O)OCC(=O)NN=C(c2ccccc2)c2ccccc2)cc1. The van der Waals surface area contributed by atoms with E-state index in [1.54, 1.807) is 12.1 Å². The summed E-state index contributed by atoms with van der Waals surface area (Å²) in [6.07, 6.45) is -0.355. The van der Waals surface area contributed by atoms with Gasteiger partial charge < -0.3 is 4.74 Å². The zero-order valence-corrected chi connectivity index (χ0v) is 18.9. The molecule has 0 radical (unpaired) electrons. The van der Waals surface area contributed by atoms with Crippen LogP contribution in [0.2, 0.25) is 0 Å².